The van der Waals surface area contributed by atoms with Crippen molar-refractivity contribution in [3.63, 3.8) is 0 Å². The molecule has 4 atom stereocenters. The standard InChI is InChI=1S/C18H19N3O5/c1-11-13(10-22)26-17(15(11)25-2)21-9-8-14(20-18(21)24)19-16(23)12-6-4-3-5-7-12/h3-11,13,15,17H,1-2H3,(H,19,20,23,24)/t11-,13-,15-,17-/m1/s1. The van der Waals surface area contributed by atoms with E-state index in [2.05, 4.69) is 10.3 Å². The van der Waals surface area contributed by atoms with E-state index in [1.165, 1.54) is 23.9 Å². The highest BCUT2D eigenvalue weighted by molar-refractivity contribution is 6.03. The molecule has 0 bridgehead atoms. The van der Waals surface area contributed by atoms with E-state index in [4.69, 9.17) is 9.47 Å². The van der Waals surface area contributed by atoms with Gasteiger partial charge in [0.15, 0.2) is 6.23 Å². The van der Waals surface area contributed by atoms with E-state index in [9.17, 15) is 14.4 Å². The van der Waals surface area contributed by atoms with E-state index in [1.54, 1.807) is 30.3 Å². The van der Waals surface area contributed by atoms with Gasteiger partial charge in [-0.3, -0.25) is 9.36 Å². The number of hydrogen-bond donors (Lipinski definition) is 1. The van der Waals surface area contributed by atoms with Crippen LogP contribution in [0.1, 0.15) is 23.5 Å². The number of hydrogen-bond acceptors (Lipinski definition) is 6. The maximum Gasteiger partial charge on any atom is 0.351 e. The molecule has 1 N–H and O–H groups in total. The molecule has 0 radical (unpaired) electrons. The summed E-state index contributed by atoms with van der Waals surface area (Å²) < 4.78 is 12.3. The second kappa shape index (κ2) is 7.59. The number of carbonyl (C=O) groups excluding carboxylic acids is 2. The molecule has 1 aliphatic rings. The lowest BCUT2D eigenvalue weighted by Gasteiger charge is -2.21. The smallest absolute Gasteiger partial charge is 0.351 e. The number of benzene rings is 1. The Bertz CT molecular complexity index is 851. The highest BCUT2D eigenvalue weighted by Gasteiger charge is 2.43. The molecular weight excluding hydrogens is 338 g/mol. The van der Waals surface area contributed by atoms with Gasteiger partial charge in [0, 0.05) is 24.8 Å². The number of carbonyl (C=O) groups is 2. The Morgan fingerprint density at radius 2 is 2.04 bits per heavy atom. The largest absolute Gasteiger partial charge is 0.376 e. The summed E-state index contributed by atoms with van der Waals surface area (Å²) in [6, 6.07) is 10.1. The van der Waals surface area contributed by atoms with Gasteiger partial charge in [0.1, 0.15) is 24.3 Å². The van der Waals surface area contributed by atoms with Gasteiger partial charge < -0.3 is 19.6 Å². The molecule has 26 heavy (non-hydrogen) atoms. The van der Waals surface area contributed by atoms with Crippen LogP contribution in [0.4, 0.5) is 5.82 Å². The minimum atomic E-state index is -0.760. The summed E-state index contributed by atoms with van der Waals surface area (Å²) in [7, 11) is 1.50. The third-order valence-electron chi connectivity index (χ3n) is 4.40. The first-order valence-electron chi connectivity index (χ1n) is 8.14. The quantitative estimate of drug-likeness (QED) is 0.809. The third kappa shape index (κ3) is 3.42. The summed E-state index contributed by atoms with van der Waals surface area (Å²) in [6.45, 7) is 1.82. The average molecular weight is 357 g/mol. The van der Waals surface area contributed by atoms with Crippen LogP contribution < -0.4 is 11.0 Å². The SMILES string of the molecule is CO[C@@H]1[C@H](C)[C@@H](C=O)O[C@H]1n1ccc(NC(=O)c2ccccc2)nc1=O. The zero-order valence-electron chi connectivity index (χ0n) is 14.4. The molecule has 1 fully saturated rings. The van der Waals surface area contributed by atoms with Crippen molar-refractivity contribution in [3.05, 3.63) is 58.6 Å². The minimum absolute atomic E-state index is 0.132. The Hall–Kier alpha value is -2.84. The Kier molecular flexibility index (Phi) is 5.24. The number of anilines is 1. The van der Waals surface area contributed by atoms with Crippen LogP contribution in [0.3, 0.4) is 0 Å². The second-order valence-corrected chi connectivity index (χ2v) is 6.01. The van der Waals surface area contributed by atoms with Gasteiger partial charge in [-0.15, -0.1) is 0 Å². The zero-order chi connectivity index (χ0) is 18.7. The maximum atomic E-state index is 12.4. The summed E-state index contributed by atoms with van der Waals surface area (Å²) in [6.07, 6.45) is 0.281. The molecule has 3 rings (SSSR count). The van der Waals surface area contributed by atoms with Crippen LogP contribution in [0, 0.1) is 5.92 Å². The summed E-state index contributed by atoms with van der Waals surface area (Å²) in [4.78, 5) is 39.5. The lowest BCUT2D eigenvalue weighted by atomic mass is 10.0. The molecule has 0 unspecified atom stereocenters. The first-order chi connectivity index (χ1) is 12.5. The van der Waals surface area contributed by atoms with Crippen molar-refractivity contribution in [2.24, 2.45) is 5.92 Å². The highest BCUT2D eigenvalue weighted by Crippen LogP contribution is 2.34. The van der Waals surface area contributed by atoms with Crippen molar-refractivity contribution >= 4 is 18.0 Å². The molecule has 1 amide bonds. The van der Waals surface area contributed by atoms with Gasteiger partial charge in [-0.05, 0) is 18.2 Å². The van der Waals surface area contributed by atoms with Crippen molar-refractivity contribution in [1.29, 1.82) is 0 Å². The predicted octanol–water partition coefficient (Wildman–Crippen LogP) is 1.24. The van der Waals surface area contributed by atoms with E-state index in [0.29, 0.717) is 11.8 Å². The molecular formula is C18H19N3O5. The molecule has 8 nitrogen and oxygen atoms in total. The average Bonchev–Trinajstić information content (AvgIpc) is 2.98. The Balaban J connectivity index is 1.81. The number of amides is 1. The maximum absolute atomic E-state index is 12.4. The van der Waals surface area contributed by atoms with E-state index in [-0.39, 0.29) is 17.6 Å². The molecule has 1 saturated heterocycles. The molecule has 1 aliphatic heterocycles. The van der Waals surface area contributed by atoms with Crippen LogP contribution in [0.15, 0.2) is 47.4 Å². The fourth-order valence-corrected chi connectivity index (χ4v) is 2.97. The normalized spacial score (nSPS) is 25.0. The highest BCUT2D eigenvalue weighted by atomic mass is 16.6. The van der Waals surface area contributed by atoms with Gasteiger partial charge in [0.25, 0.3) is 5.91 Å². The Morgan fingerprint density at radius 3 is 2.65 bits per heavy atom. The lowest BCUT2D eigenvalue weighted by molar-refractivity contribution is -0.121. The molecule has 1 aromatic heterocycles. The van der Waals surface area contributed by atoms with Crippen LogP contribution >= 0.6 is 0 Å². The topological polar surface area (TPSA) is 99.5 Å². The molecule has 2 heterocycles. The monoisotopic (exact) mass is 357 g/mol. The van der Waals surface area contributed by atoms with Crippen LogP contribution in [-0.2, 0) is 14.3 Å². The number of nitrogens with one attached hydrogen (secondary N) is 1. The molecule has 0 spiro atoms. The summed E-state index contributed by atoms with van der Waals surface area (Å²) in [5.41, 5.74) is -0.152. The van der Waals surface area contributed by atoms with Crippen LogP contribution in [0.25, 0.3) is 0 Å². The van der Waals surface area contributed by atoms with E-state index in [0.717, 1.165) is 0 Å². The summed E-state index contributed by atoms with van der Waals surface area (Å²) in [5.74, 6) is -0.435. The van der Waals surface area contributed by atoms with Crippen molar-refractivity contribution in [1.82, 2.24) is 9.55 Å². The van der Waals surface area contributed by atoms with Crippen molar-refractivity contribution in [3.8, 4) is 0 Å². The minimum Gasteiger partial charge on any atom is -0.376 e. The molecule has 136 valence electrons. The van der Waals surface area contributed by atoms with E-state index >= 15 is 0 Å². The fraction of sp³-hybridized carbons (Fsp3) is 0.333. The van der Waals surface area contributed by atoms with Crippen LogP contribution in [-0.4, -0.2) is 41.1 Å². The number of rotatable bonds is 5. The Morgan fingerprint density at radius 1 is 1.31 bits per heavy atom. The number of ether oxygens (including phenoxy) is 2. The van der Waals surface area contributed by atoms with Crippen LogP contribution in [0.5, 0.6) is 0 Å². The van der Waals surface area contributed by atoms with Crippen molar-refractivity contribution in [2.75, 3.05) is 12.4 Å². The van der Waals surface area contributed by atoms with Gasteiger partial charge in [0.05, 0.1) is 0 Å². The first kappa shape index (κ1) is 18.0. The van der Waals surface area contributed by atoms with Gasteiger partial charge in [-0.1, -0.05) is 25.1 Å². The molecule has 1 aromatic carbocycles. The molecule has 0 aliphatic carbocycles. The number of methoxy groups -OCH3 is 1. The van der Waals surface area contributed by atoms with E-state index in [1.807, 2.05) is 6.92 Å². The number of aldehydes is 1. The lowest BCUT2D eigenvalue weighted by Crippen LogP contribution is -2.34. The van der Waals surface area contributed by atoms with Crippen molar-refractivity contribution < 1.29 is 19.1 Å². The number of nitrogens with zero attached hydrogens (tertiary/aromatic N) is 2. The molecule has 0 saturated carbocycles. The van der Waals surface area contributed by atoms with E-state index < -0.39 is 24.1 Å². The third-order valence-corrected chi connectivity index (χ3v) is 4.40. The van der Waals surface area contributed by atoms with Gasteiger partial charge >= 0.3 is 5.69 Å². The van der Waals surface area contributed by atoms with Crippen LogP contribution in [0.2, 0.25) is 0 Å². The second-order valence-electron chi connectivity index (χ2n) is 6.01. The number of aromatic nitrogens is 2. The van der Waals surface area contributed by atoms with Crippen molar-refractivity contribution in [2.45, 2.75) is 25.4 Å². The fourth-order valence-electron chi connectivity index (χ4n) is 2.97. The summed E-state index contributed by atoms with van der Waals surface area (Å²) in [5, 5.41) is 2.58. The van der Waals surface area contributed by atoms with Gasteiger partial charge in [-0.25, -0.2) is 4.79 Å². The Labute approximate surface area is 149 Å². The van der Waals surface area contributed by atoms with Gasteiger partial charge in [0.2, 0.25) is 0 Å². The molecule has 2 aromatic rings. The first-order valence-corrected chi connectivity index (χ1v) is 8.14. The predicted molar refractivity (Wildman–Crippen MR) is 92.8 cm³/mol. The molecule has 8 heteroatoms. The summed E-state index contributed by atoms with van der Waals surface area (Å²) >= 11 is 0. The van der Waals surface area contributed by atoms with Gasteiger partial charge in [-0.2, -0.15) is 4.98 Å². The zero-order valence-corrected chi connectivity index (χ0v) is 14.4.